The van der Waals surface area contributed by atoms with Crippen molar-refractivity contribution < 1.29 is 4.42 Å². The lowest BCUT2D eigenvalue weighted by Gasteiger charge is -2.15. The van der Waals surface area contributed by atoms with E-state index in [4.69, 9.17) is 14.4 Å². The number of hydrogen-bond acceptors (Lipinski definition) is 3. The van der Waals surface area contributed by atoms with Crippen LogP contribution in [0.4, 0.5) is 0 Å². The molecule has 0 saturated heterocycles. The van der Waals surface area contributed by atoms with Gasteiger partial charge >= 0.3 is 0 Å². The standard InChI is InChI=1S/C46H28N2O/c1-4-12-29(13-5-1)32-18-10-19-33(26-32)39-28-40(48-46(47-39)31-16-8-3-9-17-31)34-22-23-36-37-20-11-21-41-44(37)45-42(49-41)25-24-35(43(45)38(36)27-34)30-14-6-2-7-15-30/h1-28H. The van der Waals surface area contributed by atoms with E-state index >= 15 is 0 Å². The molecule has 0 atom stereocenters. The first-order valence-electron chi connectivity index (χ1n) is 16.6. The molecule has 10 aromatic rings. The van der Waals surface area contributed by atoms with Crippen molar-refractivity contribution in [1.29, 1.82) is 0 Å². The predicted octanol–water partition coefficient (Wildman–Crippen LogP) is 12.5. The average Bonchev–Trinajstić information content (AvgIpc) is 3.57. The van der Waals surface area contributed by atoms with E-state index in [0.29, 0.717) is 5.82 Å². The maximum absolute atomic E-state index is 6.44. The lowest BCUT2D eigenvalue weighted by molar-refractivity contribution is 0.669. The molecule has 0 bridgehead atoms. The number of fused-ring (bicyclic) bond motifs is 3. The lowest BCUT2D eigenvalue weighted by Crippen LogP contribution is -1.96. The van der Waals surface area contributed by atoms with Gasteiger partial charge < -0.3 is 4.42 Å². The number of furan rings is 1. The Labute approximate surface area is 283 Å². The molecule has 0 spiro atoms. The molecule has 0 saturated carbocycles. The van der Waals surface area contributed by atoms with Crippen molar-refractivity contribution in [3.8, 4) is 56.2 Å². The van der Waals surface area contributed by atoms with Crippen molar-refractivity contribution in [3.63, 3.8) is 0 Å². The van der Waals surface area contributed by atoms with Gasteiger partial charge in [0.2, 0.25) is 0 Å². The van der Waals surface area contributed by atoms with Gasteiger partial charge in [-0.15, -0.1) is 0 Å². The third-order valence-electron chi connectivity index (χ3n) is 9.65. The number of benzene rings is 8. The molecule has 3 nitrogen and oxygen atoms in total. The predicted molar refractivity (Wildman–Crippen MR) is 203 cm³/mol. The highest BCUT2D eigenvalue weighted by Crippen LogP contribution is 2.46. The van der Waals surface area contributed by atoms with Crippen LogP contribution in [-0.4, -0.2) is 9.97 Å². The Morgan fingerprint density at radius 3 is 1.69 bits per heavy atom. The maximum Gasteiger partial charge on any atom is 0.160 e. The molecule has 0 amide bonds. The van der Waals surface area contributed by atoms with E-state index in [2.05, 4.69) is 146 Å². The highest BCUT2D eigenvalue weighted by molar-refractivity contribution is 6.35. The minimum Gasteiger partial charge on any atom is -0.456 e. The normalized spacial score (nSPS) is 11.7. The smallest absolute Gasteiger partial charge is 0.160 e. The number of hydrogen-bond donors (Lipinski definition) is 0. The Morgan fingerprint density at radius 1 is 0.327 bits per heavy atom. The zero-order valence-electron chi connectivity index (χ0n) is 26.5. The van der Waals surface area contributed by atoms with Crippen LogP contribution >= 0.6 is 0 Å². The van der Waals surface area contributed by atoms with Crippen LogP contribution < -0.4 is 0 Å². The van der Waals surface area contributed by atoms with Crippen LogP contribution in [0.3, 0.4) is 0 Å². The van der Waals surface area contributed by atoms with E-state index in [-0.39, 0.29) is 0 Å². The molecule has 228 valence electrons. The van der Waals surface area contributed by atoms with E-state index in [1.54, 1.807) is 0 Å². The Kier molecular flexibility index (Phi) is 6.18. The van der Waals surface area contributed by atoms with Gasteiger partial charge in [0.1, 0.15) is 11.2 Å². The Hall–Kier alpha value is -6.58. The summed E-state index contributed by atoms with van der Waals surface area (Å²) in [6, 6.07) is 59.6. The van der Waals surface area contributed by atoms with Crippen LogP contribution in [0, 0.1) is 0 Å². The van der Waals surface area contributed by atoms with E-state index in [1.165, 1.54) is 49.0 Å². The van der Waals surface area contributed by atoms with Gasteiger partial charge in [-0.2, -0.15) is 0 Å². The summed E-state index contributed by atoms with van der Waals surface area (Å²) in [4.78, 5) is 10.3. The average molecular weight is 625 g/mol. The molecule has 0 aliphatic heterocycles. The van der Waals surface area contributed by atoms with Gasteiger partial charge in [-0.3, -0.25) is 0 Å². The number of aromatic nitrogens is 2. The second-order valence-corrected chi connectivity index (χ2v) is 12.5. The van der Waals surface area contributed by atoms with Crippen molar-refractivity contribution in [2.75, 3.05) is 0 Å². The largest absolute Gasteiger partial charge is 0.456 e. The summed E-state index contributed by atoms with van der Waals surface area (Å²) in [5.41, 5.74) is 11.3. The van der Waals surface area contributed by atoms with Crippen molar-refractivity contribution >= 4 is 43.5 Å². The van der Waals surface area contributed by atoms with Crippen LogP contribution in [0.2, 0.25) is 0 Å². The summed E-state index contributed by atoms with van der Waals surface area (Å²) in [6.45, 7) is 0. The second kappa shape index (κ2) is 11.0. The molecule has 0 fully saturated rings. The van der Waals surface area contributed by atoms with Gasteiger partial charge in [-0.25, -0.2) is 9.97 Å². The molecule has 2 heterocycles. The Morgan fingerprint density at radius 2 is 0.939 bits per heavy atom. The molecule has 49 heavy (non-hydrogen) atoms. The monoisotopic (exact) mass is 624 g/mol. The zero-order chi connectivity index (χ0) is 32.3. The molecule has 2 aromatic heterocycles. The number of nitrogens with zero attached hydrogens (tertiary/aromatic N) is 2. The minimum absolute atomic E-state index is 0.699. The van der Waals surface area contributed by atoms with Gasteiger partial charge in [0.25, 0.3) is 0 Å². The SMILES string of the molecule is c1ccc(-c2cccc(-c3cc(-c4ccc5c(c4)c4c(-c6ccccc6)ccc6oc7cccc5c7c64)nc(-c4ccccc4)n3)c2)cc1. The lowest BCUT2D eigenvalue weighted by atomic mass is 9.88. The fraction of sp³-hybridized carbons (Fsp3) is 0. The molecule has 10 rings (SSSR count). The molecular formula is C46H28N2O. The molecular weight excluding hydrogens is 597 g/mol. The second-order valence-electron chi connectivity index (χ2n) is 12.5. The van der Waals surface area contributed by atoms with E-state index in [0.717, 1.165) is 44.8 Å². The van der Waals surface area contributed by atoms with Crippen molar-refractivity contribution in [2.45, 2.75) is 0 Å². The third-order valence-corrected chi connectivity index (χ3v) is 9.65. The summed E-state index contributed by atoms with van der Waals surface area (Å²) in [5, 5.41) is 7.12. The van der Waals surface area contributed by atoms with Crippen LogP contribution in [-0.2, 0) is 0 Å². The van der Waals surface area contributed by atoms with Crippen LogP contribution in [0.1, 0.15) is 0 Å². The van der Waals surface area contributed by atoms with Gasteiger partial charge in [-0.05, 0) is 68.7 Å². The summed E-state index contributed by atoms with van der Waals surface area (Å²) in [5.74, 6) is 0.699. The molecule has 0 radical (unpaired) electrons. The zero-order valence-corrected chi connectivity index (χ0v) is 26.5. The fourth-order valence-electron chi connectivity index (χ4n) is 7.37. The van der Waals surface area contributed by atoms with Gasteiger partial charge in [0.15, 0.2) is 5.82 Å². The van der Waals surface area contributed by atoms with Gasteiger partial charge in [0, 0.05) is 32.8 Å². The molecule has 0 unspecified atom stereocenters. The van der Waals surface area contributed by atoms with E-state index in [9.17, 15) is 0 Å². The highest BCUT2D eigenvalue weighted by Gasteiger charge is 2.21. The summed E-state index contributed by atoms with van der Waals surface area (Å²) in [7, 11) is 0. The Bertz CT molecular complexity index is 2800. The third kappa shape index (κ3) is 4.51. The van der Waals surface area contributed by atoms with Crippen LogP contribution in [0.5, 0.6) is 0 Å². The van der Waals surface area contributed by atoms with Gasteiger partial charge in [0.05, 0.1) is 11.4 Å². The molecule has 0 aliphatic rings. The molecule has 8 aromatic carbocycles. The fourth-order valence-corrected chi connectivity index (χ4v) is 7.37. The van der Waals surface area contributed by atoms with Crippen molar-refractivity contribution in [2.24, 2.45) is 0 Å². The van der Waals surface area contributed by atoms with Gasteiger partial charge in [-0.1, -0.05) is 140 Å². The van der Waals surface area contributed by atoms with Crippen molar-refractivity contribution in [1.82, 2.24) is 9.97 Å². The van der Waals surface area contributed by atoms with Crippen LogP contribution in [0.15, 0.2) is 174 Å². The summed E-state index contributed by atoms with van der Waals surface area (Å²) in [6.07, 6.45) is 0. The molecule has 0 N–H and O–H groups in total. The van der Waals surface area contributed by atoms with Crippen LogP contribution in [0.25, 0.3) is 99.6 Å². The van der Waals surface area contributed by atoms with E-state index in [1.807, 2.05) is 24.3 Å². The topological polar surface area (TPSA) is 38.9 Å². The summed E-state index contributed by atoms with van der Waals surface area (Å²) >= 11 is 0. The van der Waals surface area contributed by atoms with E-state index < -0.39 is 0 Å². The first-order valence-corrected chi connectivity index (χ1v) is 16.6. The minimum atomic E-state index is 0.699. The molecule has 3 heteroatoms. The Balaban J connectivity index is 1.24. The maximum atomic E-state index is 6.44. The summed E-state index contributed by atoms with van der Waals surface area (Å²) < 4.78 is 6.44. The van der Waals surface area contributed by atoms with Crippen molar-refractivity contribution in [3.05, 3.63) is 170 Å². The molecule has 0 aliphatic carbocycles. The number of rotatable bonds is 5. The highest BCUT2D eigenvalue weighted by atomic mass is 16.3. The first-order chi connectivity index (χ1) is 24.3. The quantitative estimate of drug-likeness (QED) is 0.179. The first kappa shape index (κ1) is 27.5.